The minimum atomic E-state index is -0.117. The van der Waals surface area contributed by atoms with E-state index in [0.717, 1.165) is 5.76 Å². The number of quaternary nitrogens is 1. The number of rotatable bonds is 6. The van der Waals surface area contributed by atoms with Gasteiger partial charge in [-0.1, -0.05) is 12.1 Å². The van der Waals surface area contributed by atoms with Crippen molar-refractivity contribution in [2.24, 2.45) is 0 Å². The van der Waals surface area contributed by atoms with Crippen molar-refractivity contribution in [1.82, 2.24) is 0 Å². The van der Waals surface area contributed by atoms with Gasteiger partial charge in [0.1, 0.15) is 6.04 Å². The Morgan fingerprint density at radius 3 is 2.76 bits per heavy atom. The number of hydrogen-bond donors (Lipinski definition) is 2. The van der Waals surface area contributed by atoms with Crippen LogP contribution in [0.2, 0.25) is 0 Å². The summed E-state index contributed by atoms with van der Waals surface area (Å²) in [5, 5.41) is 4.68. The average Bonchev–Trinajstić information content (AvgIpc) is 2.99. The Morgan fingerprint density at radius 1 is 1.29 bits per heavy atom. The van der Waals surface area contributed by atoms with Gasteiger partial charge in [0.15, 0.2) is 18.1 Å². The number of furan rings is 1. The lowest BCUT2D eigenvalue weighted by Crippen LogP contribution is -2.86. The third-order valence-corrected chi connectivity index (χ3v) is 3.20. The number of amides is 1. The highest BCUT2D eigenvalue weighted by atomic mass is 16.3. The van der Waals surface area contributed by atoms with Crippen molar-refractivity contribution >= 4 is 17.4 Å². The predicted molar refractivity (Wildman–Crippen MR) is 79.0 cm³/mol. The van der Waals surface area contributed by atoms with E-state index in [2.05, 4.69) is 5.32 Å². The summed E-state index contributed by atoms with van der Waals surface area (Å²) in [5.41, 5.74) is 1.22. The number of Topliss-reactive ketones (excluding diaryl/α,β-unsaturated/α-hetero) is 1. The van der Waals surface area contributed by atoms with Crippen LogP contribution in [0.25, 0.3) is 0 Å². The van der Waals surface area contributed by atoms with Gasteiger partial charge in [-0.25, -0.2) is 0 Å². The van der Waals surface area contributed by atoms with Crippen molar-refractivity contribution in [2.45, 2.75) is 19.9 Å². The molecule has 2 rings (SSSR count). The first-order valence-corrected chi connectivity index (χ1v) is 6.84. The summed E-state index contributed by atoms with van der Waals surface area (Å²) >= 11 is 0. The molecule has 0 aliphatic heterocycles. The van der Waals surface area contributed by atoms with E-state index >= 15 is 0 Å². The molecule has 1 atom stereocenters. The molecule has 0 spiro atoms. The molecule has 0 aliphatic carbocycles. The number of carbonyl (C=O) groups excluding carboxylic acids is 2. The fraction of sp³-hybridized carbons (Fsp3) is 0.250. The molecule has 1 amide bonds. The Hall–Kier alpha value is -2.40. The Bertz CT molecular complexity index is 620. The lowest BCUT2D eigenvalue weighted by Gasteiger charge is -2.09. The van der Waals surface area contributed by atoms with Gasteiger partial charge in [0, 0.05) is 11.3 Å². The molecular weight excluding hydrogens is 268 g/mol. The molecule has 0 radical (unpaired) electrons. The summed E-state index contributed by atoms with van der Waals surface area (Å²) in [7, 11) is 0. The highest BCUT2D eigenvalue weighted by Crippen LogP contribution is 2.11. The molecule has 1 aromatic carbocycles. The zero-order valence-electron chi connectivity index (χ0n) is 12.1. The summed E-state index contributed by atoms with van der Waals surface area (Å²) in [6, 6.07) is 10.7. The molecule has 5 heteroatoms. The highest BCUT2D eigenvalue weighted by Gasteiger charge is 2.13. The van der Waals surface area contributed by atoms with Gasteiger partial charge in [0.25, 0.3) is 5.91 Å². The summed E-state index contributed by atoms with van der Waals surface area (Å²) < 4.78 is 5.29. The zero-order chi connectivity index (χ0) is 15.2. The maximum atomic E-state index is 11.9. The van der Waals surface area contributed by atoms with E-state index < -0.39 is 0 Å². The van der Waals surface area contributed by atoms with Crippen LogP contribution < -0.4 is 10.6 Å². The first-order chi connectivity index (χ1) is 10.1. The van der Waals surface area contributed by atoms with Crippen LogP contribution in [-0.2, 0) is 4.79 Å². The van der Waals surface area contributed by atoms with Gasteiger partial charge in [-0.2, -0.15) is 0 Å². The van der Waals surface area contributed by atoms with E-state index in [1.165, 1.54) is 6.92 Å². The van der Waals surface area contributed by atoms with Gasteiger partial charge < -0.3 is 15.1 Å². The maximum absolute atomic E-state index is 11.9. The molecule has 0 saturated carbocycles. The molecule has 0 aliphatic rings. The van der Waals surface area contributed by atoms with Crippen molar-refractivity contribution in [2.75, 3.05) is 11.9 Å². The van der Waals surface area contributed by atoms with Crippen LogP contribution in [0.4, 0.5) is 5.69 Å². The van der Waals surface area contributed by atoms with Crippen molar-refractivity contribution in [1.29, 1.82) is 0 Å². The largest absolute Gasteiger partial charge is 0.463 e. The van der Waals surface area contributed by atoms with E-state index in [0.29, 0.717) is 11.3 Å². The second-order valence-corrected chi connectivity index (χ2v) is 4.93. The van der Waals surface area contributed by atoms with E-state index in [4.69, 9.17) is 4.42 Å². The number of hydrogen-bond acceptors (Lipinski definition) is 3. The topological polar surface area (TPSA) is 75.9 Å². The normalized spacial score (nSPS) is 11.9. The molecule has 0 saturated heterocycles. The minimum Gasteiger partial charge on any atom is -0.463 e. The van der Waals surface area contributed by atoms with Crippen LogP contribution in [-0.4, -0.2) is 18.2 Å². The molecule has 1 heterocycles. The van der Waals surface area contributed by atoms with Gasteiger partial charge >= 0.3 is 0 Å². The highest BCUT2D eigenvalue weighted by molar-refractivity contribution is 5.97. The quantitative estimate of drug-likeness (QED) is 0.795. The summed E-state index contributed by atoms with van der Waals surface area (Å²) in [6.45, 7) is 3.76. The fourth-order valence-corrected chi connectivity index (χ4v) is 1.98. The van der Waals surface area contributed by atoms with Crippen molar-refractivity contribution in [3.05, 3.63) is 54.0 Å². The Morgan fingerprint density at radius 2 is 2.10 bits per heavy atom. The van der Waals surface area contributed by atoms with E-state index in [9.17, 15) is 9.59 Å². The molecule has 3 N–H and O–H groups in total. The second kappa shape index (κ2) is 6.85. The molecule has 0 unspecified atom stereocenters. The summed E-state index contributed by atoms with van der Waals surface area (Å²) in [5.74, 6) is 0.694. The van der Waals surface area contributed by atoms with E-state index in [1.54, 1.807) is 30.5 Å². The number of anilines is 1. The number of nitrogens with one attached hydrogen (secondary N) is 1. The van der Waals surface area contributed by atoms with Crippen molar-refractivity contribution < 1.29 is 19.3 Å². The number of nitrogens with two attached hydrogens (primary N) is 1. The molecule has 0 fully saturated rings. The standard InChI is InChI=1S/C16H18N2O3/c1-11(15-7-4-8-21-15)17-10-16(20)18-14-6-3-5-13(9-14)12(2)19/h3-9,11,17H,10H2,1-2H3,(H,18,20)/p+1/t11-/m1/s1. The number of ketones is 1. The molecule has 21 heavy (non-hydrogen) atoms. The van der Waals surface area contributed by atoms with Gasteiger partial charge in [-0.15, -0.1) is 0 Å². The summed E-state index contributed by atoms with van der Waals surface area (Å²) in [6.07, 6.45) is 1.62. The molecule has 1 aromatic heterocycles. The smallest absolute Gasteiger partial charge is 0.279 e. The van der Waals surface area contributed by atoms with Gasteiger partial charge in [-0.3, -0.25) is 9.59 Å². The van der Waals surface area contributed by atoms with Crippen LogP contribution in [0, 0.1) is 0 Å². The van der Waals surface area contributed by atoms with Crippen molar-refractivity contribution in [3.8, 4) is 0 Å². The maximum Gasteiger partial charge on any atom is 0.279 e. The summed E-state index contributed by atoms with van der Waals surface area (Å²) in [4.78, 5) is 23.2. The van der Waals surface area contributed by atoms with Crippen LogP contribution in [0.1, 0.15) is 36.0 Å². The lowest BCUT2D eigenvalue weighted by atomic mass is 10.1. The zero-order valence-corrected chi connectivity index (χ0v) is 12.1. The first-order valence-electron chi connectivity index (χ1n) is 6.84. The molecule has 110 valence electrons. The SMILES string of the molecule is CC(=O)c1cccc(NC(=O)C[NH2+][C@H](C)c2ccco2)c1. The average molecular weight is 287 g/mol. The number of carbonyl (C=O) groups is 2. The molecule has 2 aromatic rings. The monoisotopic (exact) mass is 287 g/mol. The molecule has 0 bridgehead atoms. The first kappa shape index (κ1) is 15.0. The van der Waals surface area contributed by atoms with Gasteiger partial charge in [0.05, 0.1) is 6.26 Å². The predicted octanol–water partition coefficient (Wildman–Crippen LogP) is 1.75. The minimum absolute atomic E-state index is 0.0240. The molecule has 5 nitrogen and oxygen atoms in total. The van der Waals surface area contributed by atoms with Crippen LogP contribution >= 0.6 is 0 Å². The van der Waals surface area contributed by atoms with Crippen LogP contribution in [0.15, 0.2) is 47.1 Å². The number of benzene rings is 1. The second-order valence-electron chi connectivity index (χ2n) is 4.93. The lowest BCUT2D eigenvalue weighted by molar-refractivity contribution is -0.684. The Labute approximate surface area is 123 Å². The Kier molecular flexibility index (Phi) is 4.90. The van der Waals surface area contributed by atoms with Gasteiger partial charge in [0.2, 0.25) is 0 Å². The van der Waals surface area contributed by atoms with Crippen LogP contribution in [0.3, 0.4) is 0 Å². The fourth-order valence-electron chi connectivity index (χ4n) is 1.98. The third kappa shape index (κ3) is 4.29. The van der Waals surface area contributed by atoms with Crippen molar-refractivity contribution in [3.63, 3.8) is 0 Å². The van der Waals surface area contributed by atoms with E-state index in [1.807, 2.05) is 24.4 Å². The Balaban J connectivity index is 1.87. The third-order valence-electron chi connectivity index (χ3n) is 3.20. The van der Waals surface area contributed by atoms with E-state index in [-0.39, 0.29) is 24.3 Å². The molecular formula is C16H19N2O3+. The van der Waals surface area contributed by atoms with Gasteiger partial charge in [-0.05, 0) is 38.1 Å². The van der Waals surface area contributed by atoms with Crippen LogP contribution in [0.5, 0.6) is 0 Å².